The van der Waals surface area contributed by atoms with Gasteiger partial charge in [-0.05, 0) is 43.9 Å². The minimum atomic E-state index is 0.673. The van der Waals surface area contributed by atoms with Crippen LogP contribution in [0.15, 0.2) is 30.6 Å². The molecule has 0 spiro atoms. The van der Waals surface area contributed by atoms with Crippen molar-refractivity contribution in [1.82, 2.24) is 19.2 Å². The summed E-state index contributed by atoms with van der Waals surface area (Å²) in [5, 5.41) is 4.25. The second-order valence-electron chi connectivity index (χ2n) is 4.76. The summed E-state index contributed by atoms with van der Waals surface area (Å²) in [5.41, 5.74) is 1.23. The molecule has 6 heteroatoms. The molecule has 1 aromatic heterocycles. The zero-order valence-corrected chi connectivity index (χ0v) is 12.9. The number of nitrogens with zero attached hydrogens (tertiary/aromatic N) is 4. The summed E-state index contributed by atoms with van der Waals surface area (Å²) in [6, 6.07) is 8.16. The molecule has 0 aliphatic carbocycles. The van der Waals surface area contributed by atoms with Crippen LogP contribution in [0.25, 0.3) is 0 Å². The second kappa shape index (κ2) is 6.67. The van der Waals surface area contributed by atoms with E-state index in [1.54, 1.807) is 6.33 Å². The Morgan fingerprint density at radius 3 is 2.55 bits per heavy atom. The molecule has 0 unspecified atom stereocenters. The first-order valence-electron chi connectivity index (χ1n) is 6.59. The van der Waals surface area contributed by atoms with Crippen molar-refractivity contribution in [2.75, 3.05) is 13.7 Å². The molecule has 108 valence electrons. The molecule has 0 fully saturated rings. The van der Waals surface area contributed by atoms with E-state index in [2.05, 4.69) is 22.1 Å². The topological polar surface area (TPSA) is 35.2 Å². The van der Waals surface area contributed by atoms with Gasteiger partial charge < -0.3 is 9.30 Å². The third-order valence-corrected chi connectivity index (χ3v) is 3.45. The fraction of sp³-hybridized carbons (Fsp3) is 0.429. The van der Waals surface area contributed by atoms with Gasteiger partial charge in [0.05, 0.1) is 13.3 Å². The summed E-state index contributed by atoms with van der Waals surface area (Å²) in [4.78, 5) is 2.17. The summed E-state index contributed by atoms with van der Waals surface area (Å²) in [6.45, 7) is 4.19. The lowest BCUT2D eigenvalue weighted by atomic mass is 10.2. The van der Waals surface area contributed by atoms with Crippen LogP contribution in [0.2, 0.25) is 0 Å². The molecule has 0 aliphatic heterocycles. The quantitative estimate of drug-likeness (QED) is 0.766. The van der Waals surface area contributed by atoms with E-state index >= 15 is 0 Å². The summed E-state index contributed by atoms with van der Waals surface area (Å²) in [5.74, 6) is 0.908. The molecule has 0 atom stereocenters. The molecule has 0 aliphatic rings. The summed E-state index contributed by atoms with van der Waals surface area (Å²) >= 11 is 5.28. The fourth-order valence-electron chi connectivity index (χ4n) is 1.97. The van der Waals surface area contributed by atoms with E-state index in [4.69, 9.17) is 17.0 Å². The molecule has 0 N–H and O–H groups in total. The van der Waals surface area contributed by atoms with Gasteiger partial charge in [0.1, 0.15) is 12.1 Å². The standard InChI is InChI=1S/C14H20N4OS/c1-4-19-13-7-5-12(6-8-13)9-16(2)11-18-14(20)17(3)10-15-18/h5-8,10H,4,9,11H2,1-3H3. The molecule has 0 amide bonds. The van der Waals surface area contributed by atoms with Gasteiger partial charge in [-0.25, -0.2) is 4.68 Å². The largest absolute Gasteiger partial charge is 0.494 e. The highest BCUT2D eigenvalue weighted by Gasteiger charge is 2.04. The zero-order chi connectivity index (χ0) is 14.5. The zero-order valence-electron chi connectivity index (χ0n) is 12.1. The van der Waals surface area contributed by atoms with Gasteiger partial charge >= 0.3 is 0 Å². The van der Waals surface area contributed by atoms with Crippen LogP contribution >= 0.6 is 12.2 Å². The Morgan fingerprint density at radius 2 is 2.00 bits per heavy atom. The van der Waals surface area contributed by atoms with Crippen molar-refractivity contribution < 1.29 is 4.74 Å². The molecule has 0 bridgehead atoms. The molecule has 20 heavy (non-hydrogen) atoms. The third-order valence-electron chi connectivity index (χ3n) is 2.95. The Morgan fingerprint density at radius 1 is 1.30 bits per heavy atom. The molecule has 5 nitrogen and oxygen atoms in total. The first-order valence-corrected chi connectivity index (χ1v) is 6.99. The molecule has 1 heterocycles. The Kier molecular flexibility index (Phi) is 4.92. The van der Waals surface area contributed by atoms with Crippen LogP contribution in [0.4, 0.5) is 0 Å². The van der Waals surface area contributed by atoms with Gasteiger partial charge in [0, 0.05) is 13.6 Å². The van der Waals surface area contributed by atoms with Crippen LogP contribution in [0, 0.1) is 4.77 Å². The van der Waals surface area contributed by atoms with Gasteiger partial charge in [-0.2, -0.15) is 5.10 Å². The fourth-order valence-corrected chi connectivity index (χ4v) is 2.12. The van der Waals surface area contributed by atoms with Crippen molar-refractivity contribution in [2.24, 2.45) is 7.05 Å². The molecule has 0 saturated carbocycles. The Bertz CT molecular complexity index is 602. The second-order valence-corrected chi connectivity index (χ2v) is 5.12. The normalized spacial score (nSPS) is 11.0. The number of hydrogen-bond donors (Lipinski definition) is 0. The van der Waals surface area contributed by atoms with Gasteiger partial charge in [0.25, 0.3) is 0 Å². The Balaban J connectivity index is 1.95. The monoisotopic (exact) mass is 292 g/mol. The number of ether oxygens (including phenoxy) is 1. The van der Waals surface area contributed by atoms with Crippen LogP contribution in [-0.2, 0) is 20.3 Å². The SMILES string of the molecule is CCOc1ccc(CN(C)Cn2ncn(C)c2=S)cc1. The molecular formula is C14H20N4OS. The molecule has 0 radical (unpaired) electrons. The summed E-state index contributed by atoms with van der Waals surface area (Å²) in [7, 11) is 3.95. The predicted molar refractivity (Wildman–Crippen MR) is 81.1 cm³/mol. The predicted octanol–water partition coefficient (Wildman–Crippen LogP) is 2.44. The van der Waals surface area contributed by atoms with Crippen molar-refractivity contribution in [3.8, 4) is 5.75 Å². The van der Waals surface area contributed by atoms with Crippen molar-refractivity contribution in [2.45, 2.75) is 20.1 Å². The smallest absolute Gasteiger partial charge is 0.198 e. The first-order chi connectivity index (χ1) is 9.60. The van der Waals surface area contributed by atoms with E-state index in [-0.39, 0.29) is 0 Å². The lowest BCUT2D eigenvalue weighted by Crippen LogP contribution is -2.22. The highest BCUT2D eigenvalue weighted by atomic mass is 32.1. The number of aryl methyl sites for hydroxylation is 1. The van der Waals surface area contributed by atoms with Crippen molar-refractivity contribution in [3.05, 3.63) is 40.9 Å². The van der Waals surface area contributed by atoms with E-state index in [1.165, 1.54) is 5.56 Å². The highest BCUT2D eigenvalue weighted by Crippen LogP contribution is 2.13. The van der Waals surface area contributed by atoms with Crippen LogP contribution < -0.4 is 4.74 Å². The highest BCUT2D eigenvalue weighted by molar-refractivity contribution is 7.71. The van der Waals surface area contributed by atoms with E-state index in [1.807, 2.05) is 42.4 Å². The average molecular weight is 292 g/mol. The van der Waals surface area contributed by atoms with Crippen LogP contribution in [0.3, 0.4) is 0 Å². The van der Waals surface area contributed by atoms with Gasteiger partial charge in [-0.15, -0.1) is 0 Å². The van der Waals surface area contributed by atoms with E-state index in [0.29, 0.717) is 13.3 Å². The lowest BCUT2D eigenvalue weighted by Gasteiger charge is -2.16. The number of benzene rings is 1. The molecular weight excluding hydrogens is 272 g/mol. The maximum atomic E-state index is 5.44. The maximum Gasteiger partial charge on any atom is 0.198 e. The Labute approximate surface area is 124 Å². The third kappa shape index (κ3) is 3.68. The number of aromatic nitrogens is 3. The van der Waals surface area contributed by atoms with Crippen LogP contribution in [-0.4, -0.2) is 32.9 Å². The lowest BCUT2D eigenvalue weighted by molar-refractivity contribution is 0.243. The Hall–Kier alpha value is -1.66. The van der Waals surface area contributed by atoms with Gasteiger partial charge in [-0.1, -0.05) is 12.1 Å². The maximum absolute atomic E-state index is 5.44. The minimum absolute atomic E-state index is 0.673. The van der Waals surface area contributed by atoms with E-state index in [0.717, 1.165) is 17.1 Å². The van der Waals surface area contributed by atoms with Crippen molar-refractivity contribution in [3.63, 3.8) is 0 Å². The molecule has 0 saturated heterocycles. The summed E-state index contributed by atoms with van der Waals surface area (Å²) in [6.07, 6.45) is 1.73. The first kappa shape index (κ1) is 14.7. The molecule has 2 rings (SSSR count). The molecule has 1 aromatic carbocycles. The average Bonchev–Trinajstić information content (AvgIpc) is 2.73. The molecule has 2 aromatic rings. The van der Waals surface area contributed by atoms with Gasteiger partial charge in [0.2, 0.25) is 0 Å². The van der Waals surface area contributed by atoms with E-state index < -0.39 is 0 Å². The summed E-state index contributed by atoms with van der Waals surface area (Å²) < 4.78 is 9.80. The van der Waals surface area contributed by atoms with Crippen molar-refractivity contribution in [1.29, 1.82) is 0 Å². The van der Waals surface area contributed by atoms with Gasteiger partial charge in [0.15, 0.2) is 4.77 Å². The van der Waals surface area contributed by atoms with Crippen molar-refractivity contribution >= 4 is 12.2 Å². The minimum Gasteiger partial charge on any atom is -0.494 e. The number of hydrogen-bond acceptors (Lipinski definition) is 4. The van der Waals surface area contributed by atoms with Crippen LogP contribution in [0.1, 0.15) is 12.5 Å². The van der Waals surface area contributed by atoms with E-state index in [9.17, 15) is 0 Å². The van der Waals surface area contributed by atoms with Crippen LogP contribution in [0.5, 0.6) is 5.75 Å². The number of rotatable bonds is 6. The van der Waals surface area contributed by atoms with Gasteiger partial charge in [-0.3, -0.25) is 4.90 Å².